The number of hydrogen-bond donors (Lipinski definition) is 0. The normalized spacial score (nSPS) is 14.7. The standard InChI is InChI=1S/C44H35NS2/c1-43(2)36-12-7-5-10-32(36)34-21-19-30(26-38(34)43)45(31-20-22-35-33-11-6-8-13-37(33)44(3,4)39(35)27-31)29-17-15-28(16-18-29)40-23-24-42(47-40)41-14-9-25-46-41/h5-27H,1-4H3. The van der Waals surface area contributed by atoms with Gasteiger partial charge in [0.15, 0.2) is 0 Å². The van der Waals surface area contributed by atoms with Crippen LogP contribution in [0.1, 0.15) is 49.9 Å². The lowest BCUT2D eigenvalue weighted by atomic mass is 9.82. The third-order valence-corrected chi connectivity index (χ3v) is 12.6. The van der Waals surface area contributed by atoms with Gasteiger partial charge >= 0.3 is 0 Å². The highest BCUT2D eigenvalue weighted by Crippen LogP contribution is 2.53. The first-order chi connectivity index (χ1) is 22.8. The molecule has 7 aromatic rings. The summed E-state index contributed by atoms with van der Waals surface area (Å²) in [4.78, 5) is 6.39. The Morgan fingerprint density at radius 1 is 0.426 bits per heavy atom. The predicted molar refractivity (Wildman–Crippen MR) is 203 cm³/mol. The number of rotatable bonds is 5. The van der Waals surface area contributed by atoms with E-state index in [2.05, 4.69) is 171 Å². The van der Waals surface area contributed by atoms with Crippen LogP contribution in [0.3, 0.4) is 0 Å². The van der Waals surface area contributed by atoms with Crippen LogP contribution < -0.4 is 4.90 Å². The Bertz CT molecular complexity index is 2190. The molecule has 2 heterocycles. The molecule has 3 heteroatoms. The van der Waals surface area contributed by atoms with Gasteiger partial charge < -0.3 is 4.90 Å². The Labute approximate surface area is 285 Å². The van der Waals surface area contributed by atoms with Gasteiger partial charge in [0.2, 0.25) is 0 Å². The summed E-state index contributed by atoms with van der Waals surface area (Å²) >= 11 is 3.66. The van der Waals surface area contributed by atoms with E-state index in [1.54, 1.807) is 11.3 Å². The SMILES string of the molecule is CC1(C)c2ccccc2-c2ccc(N(c3ccc(-c4ccc(-c5cccs5)s4)cc3)c3ccc4c(c3)C(C)(C)c3ccccc3-4)cc21. The van der Waals surface area contributed by atoms with E-state index in [0.717, 1.165) is 5.69 Å². The molecule has 0 radical (unpaired) electrons. The summed E-state index contributed by atoms with van der Waals surface area (Å²) in [6.45, 7) is 9.45. The second-order valence-corrected chi connectivity index (χ2v) is 15.9. The molecule has 0 spiro atoms. The molecule has 47 heavy (non-hydrogen) atoms. The zero-order chi connectivity index (χ0) is 31.9. The van der Waals surface area contributed by atoms with Crippen LogP contribution in [0.4, 0.5) is 17.1 Å². The van der Waals surface area contributed by atoms with Crippen LogP contribution in [-0.4, -0.2) is 0 Å². The Morgan fingerprint density at radius 2 is 0.936 bits per heavy atom. The molecule has 9 rings (SSSR count). The lowest BCUT2D eigenvalue weighted by Crippen LogP contribution is -2.18. The lowest BCUT2D eigenvalue weighted by Gasteiger charge is -2.30. The maximum atomic E-state index is 2.45. The molecule has 0 saturated heterocycles. The van der Waals surface area contributed by atoms with Gasteiger partial charge in [0.1, 0.15) is 0 Å². The molecule has 0 unspecified atom stereocenters. The predicted octanol–water partition coefficient (Wildman–Crippen LogP) is 13.2. The van der Waals surface area contributed by atoms with Crippen LogP contribution in [0.5, 0.6) is 0 Å². The number of nitrogens with zero attached hydrogens (tertiary/aromatic N) is 1. The van der Waals surface area contributed by atoms with Gasteiger partial charge in [-0.2, -0.15) is 0 Å². The van der Waals surface area contributed by atoms with E-state index in [1.165, 1.54) is 76.1 Å². The Balaban J connectivity index is 1.17. The van der Waals surface area contributed by atoms with Crippen molar-refractivity contribution in [1.29, 1.82) is 0 Å². The second-order valence-electron chi connectivity index (χ2n) is 13.8. The highest BCUT2D eigenvalue weighted by molar-refractivity contribution is 7.23. The zero-order valence-corrected chi connectivity index (χ0v) is 28.7. The zero-order valence-electron chi connectivity index (χ0n) is 27.0. The molecule has 0 amide bonds. The van der Waals surface area contributed by atoms with Crippen molar-refractivity contribution in [2.24, 2.45) is 0 Å². The van der Waals surface area contributed by atoms with Crippen molar-refractivity contribution in [2.75, 3.05) is 4.90 Å². The summed E-state index contributed by atoms with van der Waals surface area (Å²) in [7, 11) is 0. The fourth-order valence-electron chi connectivity index (χ4n) is 7.93. The van der Waals surface area contributed by atoms with Gasteiger partial charge in [-0.25, -0.2) is 0 Å². The summed E-state index contributed by atoms with van der Waals surface area (Å²) in [6.07, 6.45) is 0. The molecule has 0 saturated carbocycles. The summed E-state index contributed by atoms with van der Waals surface area (Å²) in [6, 6.07) is 49.9. The van der Waals surface area contributed by atoms with Crippen molar-refractivity contribution >= 4 is 39.7 Å². The first-order valence-electron chi connectivity index (χ1n) is 16.3. The molecule has 1 nitrogen and oxygen atoms in total. The maximum absolute atomic E-state index is 2.45. The molecule has 228 valence electrons. The van der Waals surface area contributed by atoms with Crippen LogP contribution in [0, 0.1) is 0 Å². The van der Waals surface area contributed by atoms with Crippen LogP contribution in [0.2, 0.25) is 0 Å². The van der Waals surface area contributed by atoms with E-state index in [-0.39, 0.29) is 10.8 Å². The van der Waals surface area contributed by atoms with E-state index in [9.17, 15) is 0 Å². The van der Waals surface area contributed by atoms with Crippen LogP contribution >= 0.6 is 22.7 Å². The highest BCUT2D eigenvalue weighted by atomic mass is 32.1. The Hall–Kier alpha value is -4.70. The minimum absolute atomic E-state index is 0.0710. The average molecular weight is 642 g/mol. The number of hydrogen-bond acceptors (Lipinski definition) is 3. The average Bonchev–Trinajstić information content (AvgIpc) is 3.88. The van der Waals surface area contributed by atoms with E-state index in [4.69, 9.17) is 0 Å². The van der Waals surface area contributed by atoms with Crippen molar-refractivity contribution in [2.45, 2.75) is 38.5 Å². The molecule has 0 aliphatic heterocycles. The first kappa shape index (κ1) is 28.5. The van der Waals surface area contributed by atoms with Gasteiger partial charge in [0.25, 0.3) is 0 Å². The number of anilines is 3. The number of benzene rings is 5. The van der Waals surface area contributed by atoms with Crippen molar-refractivity contribution in [3.8, 4) is 42.4 Å². The van der Waals surface area contributed by atoms with Crippen molar-refractivity contribution in [1.82, 2.24) is 0 Å². The molecular formula is C44H35NS2. The van der Waals surface area contributed by atoms with Crippen LogP contribution in [0.25, 0.3) is 42.4 Å². The van der Waals surface area contributed by atoms with Crippen molar-refractivity contribution in [3.63, 3.8) is 0 Å². The van der Waals surface area contributed by atoms with Gasteiger partial charge in [0.05, 0.1) is 0 Å². The largest absolute Gasteiger partial charge is 0.310 e. The molecule has 2 aliphatic rings. The quantitative estimate of drug-likeness (QED) is 0.181. The molecule has 0 fully saturated rings. The van der Waals surface area contributed by atoms with Gasteiger partial charge in [0, 0.05) is 42.5 Å². The fraction of sp³-hybridized carbons (Fsp3) is 0.136. The first-order valence-corrected chi connectivity index (χ1v) is 18.0. The van der Waals surface area contributed by atoms with Gasteiger partial charge in [-0.05, 0) is 110 Å². The molecule has 2 aliphatic carbocycles. The maximum Gasteiger partial charge on any atom is 0.0465 e. The monoisotopic (exact) mass is 641 g/mol. The van der Waals surface area contributed by atoms with E-state index in [1.807, 2.05) is 11.3 Å². The van der Waals surface area contributed by atoms with Crippen molar-refractivity contribution < 1.29 is 0 Å². The topological polar surface area (TPSA) is 3.24 Å². The third kappa shape index (κ3) is 4.34. The Morgan fingerprint density at radius 3 is 1.49 bits per heavy atom. The summed E-state index contributed by atoms with van der Waals surface area (Å²) in [5.74, 6) is 0. The van der Waals surface area contributed by atoms with Gasteiger partial charge in [-0.15, -0.1) is 22.7 Å². The highest BCUT2D eigenvalue weighted by Gasteiger charge is 2.37. The molecule has 0 N–H and O–H groups in total. The van der Waals surface area contributed by atoms with E-state index >= 15 is 0 Å². The number of thiophene rings is 2. The van der Waals surface area contributed by atoms with Crippen LogP contribution in [-0.2, 0) is 10.8 Å². The third-order valence-electron chi connectivity index (χ3n) is 10.4. The summed E-state index contributed by atoms with van der Waals surface area (Å²) < 4.78 is 0. The Kier molecular flexibility index (Phi) is 6.31. The smallest absolute Gasteiger partial charge is 0.0465 e. The molecule has 0 bridgehead atoms. The van der Waals surface area contributed by atoms with Crippen molar-refractivity contribution in [3.05, 3.63) is 161 Å². The summed E-state index contributed by atoms with van der Waals surface area (Å²) in [5, 5.41) is 2.15. The number of fused-ring (bicyclic) bond motifs is 6. The summed E-state index contributed by atoms with van der Waals surface area (Å²) in [5.41, 5.74) is 15.6. The fourth-order valence-corrected chi connectivity index (χ4v) is 9.77. The minimum atomic E-state index is -0.0710. The van der Waals surface area contributed by atoms with Gasteiger partial charge in [-0.3, -0.25) is 0 Å². The van der Waals surface area contributed by atoms with Gasteiger partial charge in [-0.1, -0.05) is 107 Å². The molecule has 0 atom stereocenters. The van der Waals surface area contributed by atoms with Crippen LogP contribution in [0.15, 0.2) is 139 Å². The molecule has 2 aromatic heterocycles. The van der Waals surface area contributed by atoms with E-state index in [0.29, 0.717) is 0 Å². The molecular weight excluding hydrogens is 607 g/mol. The molecule has 5 aromatic carbocycles. The second kappa shape index (κ2) is 10.4. The van der Waals surface area contributed by atoms with E-state index < -0.39 is 0 Å². The minimum Gasteiger partial charge on any atom is -0.310 e. The lowest BCUT2D eigenvalue weighted by molar-refractivity contribution is 0.660.